The van der Waals surface area contributed by atoms with Gasteiger partial charge in [-0.15, -0.1) is 0 Å². The number of methoxy groups -OCH3 is 4. The van der Waals surface area contributed by atoms with E-state index in [9.17, 15) is 9.59 Å². The Kier molecular flexibility index (Phi) is 14.1. The van der Waals surface area contributed by atoms with Gasteiger partial charge in [0.2, 0.25) is 0 Å². The number of allylic oxidation sites excluding steroid dienone is 1. The number of benzene rings is 3. The standard InChI is InChI=1S/C36H44O9/c1-7-11-30-33(18-16-28(35(30)41-5)25(2)23-39-3)44-21-10-20-43-31-14-9-15-32(29(31)17-19-34(37)40-4)45-24-26-12-8-13-27(22-26)36(38)42-6/h8-9,12-16,18,22-23H,7,10-11,17,19-21,24H2,1-6H3. The molecule has 45 heavy (non-hydrogen) atoms. The zero-order valence-electron chi connectivity index (χ0n) is 27.1. The predicted octanol–water partition coefficient (Wildman–Crippen LogP) is 6.97. The zero-order valence-corrected chi connectivity index (χ0v) is 27.1. The Morgan fingerprint density at radius 2 is 1.47 bits per heavy atom. The summed E-state index contributed by atoms with van der Waals surface area (Å²) in [6.45, 7) is 5.16. The topological polar surface area (TPSA) is 98.8 Å². The Morgan fingerprint density at radius 3 is 2.11 bits per heavy atom. The van der Waals surface area contributed by atoms with Crippen molar-refractivity contribution < 1.29 is 42.7 Å². The molecule has 0 N–H and O–H groups in total. The van der Waals surface area contributed by atoms with Crippen molar-refractivity contribution in [3.8, 4) is 23.0 Å². The van der Waals surface area contributed by atoms with Gasteiger partial charge < -0.3 is 33.2 Å². The molecule has 0 aromatic heterocycles. The van der Waals surface area contributed by atoms with Crippen LogP contribution in [0.2, 0.25) is 0 Å². The Bertz CT molecular complexity index is 1440. The summed E-state index contributed by atoms with van der Waals surface area (Å²) in [5, 5.41) is 0. The molecule has 0 saturated heterocycles. The van der Waals surface area contributed by atoms with Gasteiger partial charge in [0.1, 0.15) is 29.6 Å². The van der Waals surface area contributed by atoms with Crippen LogP contribution in [0.15, 0.2) is 60.9 Å². The van der Waals surface area contributed by atoms with E-state index in [0.717, 1.165) is 52.2 Å². The lowest BCUT2D eigenvalue weighted by atomic mass is 9.99. The molecule has 9 nitrogen and oxygen atoms in total. The van der Waals surface area contributed by atoms with Crippen LogP contribution in [0, 0.1) is 0 Å². The SMILES string of the molecule is CCCc1c(OCCCOc2cccc(OCc3cccc(C(=O)OC)c3)c2CCC(=O)OC)ccc(C(C)=COC)c1OC. The van der Waals surface area contributed by atoms with Crippen LogP contribution >= 0.6 is 0 Å². The summed E-state index contributed by atoms with van der Waals surface area (Å²) in [6, 6.07) is 16.6. The van der Waals surface area contributed by atoms with Crippen molar-refractivity contribution in [3.63, 3.8) is 0 Å². The van der Waals surface area contributed by atoms with Gasteiger partial charge in [0.05, 0.1) is 53.5 Å². The average Bonchev–Trinajstić information content (AvgIpc) is 3.06. The first kappa shape index (κ1) is 34.8. The Morgan fingerprint density at radius 1 is 0.778 bits per heavy atom. The maximum atomic E-state index is 12.0. The first-order valence-electron chi connectivity index (χ1n) is 15.0. The lowest BCUT2D eigenvalue weighted by molar-refractivity contribution is -0.140. The normalized spacial score (nSPS) is 11.0. The van der Waals surface area contributed by atoms with Crippen LogP contribution < -0.4 is 18.9 Å². The number of carbonyl (C=O) groups is 2. The highest BCUT2D eigenvalue weighted by Crippen LogP contribution is 2.37. The summed E-state index contributed by atoms with van der Waals surface area (Å²) >= 11 is 0. The molecule has 0 bridgehead atoms. The maximum absolute atomic E-state index is 12.0. The van der Waals surface area contributed by atoms with Crippen molar-refractivity contribution in [2.75, 3.05) is 41.7 Å². The van der Waals surface area contributed by atoms with Crippen LogP contribution in [0.5, 0.6) is 23.0 Å². The van der Waals surface area contributed by atoms with Crippen LogP contribution in [-0.4, -0.2) is 53.6 Å². The van der Waals surface area contributed by atoms with Crippen molar-refractivity contribution in [2.45, 2.75) is 52.6 Å². The third kappa shape index (κ3) is 9.93. The fourth-order valence-electron chi connectivity index (χ4n) is 4.90. The van der Waals surface area contributed by atoms with E-state index in [1.165, 1.54) is 14.2 Å². The number of carbonyl (C=O) groups excluding carboxylic acids is 2. The van der Waals surface area contributed by atoms with Gasteiger partial charge in [0.25, 0.3) is 0 Å². The summed E-state index contributed by atoms with van der Waals surface area (Å²) < 4.78 is 39.2. The Balaban J connectivity index is 1.70. The zero-order chi connectivity index (χ0) is 32.6. The third-order valence-electron chi connectivity index (χ3n) is 7.08. The van der Waals surface area contributed by atoms with Crippen molar-refractivity contribution >= 4 is 17.5 Å². The fourth-order valence-corrected chi connectivity index (χ4v) is 4.90. The molecule has 0 amide bonds. The van der Waals surface area contributed by atoms with Crippen molar-refractivity contribution in [1.29, 1.82) is 0 Å². The molecular formula is C36H44O9. The molecular weight excluding hydrogens is 576 g/mol. The molecule has 0 unspecified atom stereocenters. The second kappa shape index (κ2) is 18.2. The van der Waals surface area contributed by atoms with Gasteiger partial charge in [-0.3, -0.25) is 4.79 Å². The van der Waals surface area contributed by atoms with Gasteiger partial charge in [-0.25, -0.2) is 4.79 Å². The molecule has 0 heterocycles. The second-order valence-electron chi connectivity index (χ2n) is 10.2. The molecule has 0 fully saturated rings. The van der Waals surface area contributed by atoms with Crippen LogP contribution in [-0.2, 0) is 38.5 Å². The number of esters is 2. The highest BCUT2D eigenvalue weighted by Gasteiger charge is 2.17. The Hall–Kier alpha value is -4.66. The summed E-state index contributed by atoms with van der Waals surface area (Å²) in [5.41, 5.74) is 4.97. The highest BCUT2D eigenvalue weighted by atomic mass is 16.5. The highest BCUT2D eigenvalue weighted by molar-refractivity contribution is 5.89. The molecule has 0 aliphatic heterocycles. The molecule has 0 aliphatic carbocycles. The Labute approximate surface area is 266 Å². The fraction of sp³-hybridized carbons (Fsp3) is 0.389. The molecule has 242 valence electrons. The van der Waals surface area contributed by atoms with Crippen LogP contribution in [0.1, 0.15) is 65.7 Å². The molecule has 9 heteroatoms. The molecule has 3 aromatic rings. The largest absolute Gasteiger partial charge is 0.504 e. The minimum absolute atomic E-state index is 0.172. The first-order chi connectivity index (χ1) is 21.9. The van der Waals surface area contributed by atoms with Crippen molar-refractivity contribution in [1.82, 2.24) is 0 Å². The number of rotatable bonds is 18. The van der Waals surface area contributed by atoms with E-state index in [2.05, 4.69) is 6.92 Å². The number of hydrogen-bond acceptors (Lipinski definition) is 9. The van der Waals surface area contributed by atoms with E-state index in [0.29, 0.717) is 43.1 Å². The molecule has 0 spiro atoms. The van der Waals surface area contributed by atoms with Crippen molar-refractivity contribution in [2.24, 2.45) is 0 Å². The van der Waals surface area contributed by atoms with Gasteiger partial charge >= 0.3 is 11.9 Å². The lowest BCUT2D eigenvalue weighted by Gasteiger charge is -2.19. The average molecular weight is 621 g/mol. The second-order valence-corrected chi connectivity index (χ2v) is 10.2. The van der Waals surface area contributed by atoms with Crippen LogP contribution in [0.4, 0.5) is 0 Å². The lowest BCUT2D eigenvalue weighted by Crippen LogP contribution is -2.10. The first-order valence-corrected chi connectivity index (χ1v) is 15.0. The van der Waals surface area contributed by atoms with E-state index >= 15 is 0 Å². The van der Waals surface area contributed by atoms with Gasteiger partial charge in [0.15, 0.2) is 0 Å². The number of ether oxygens (including phenoxy) is 7. The molecule has 0 saturated carbocycles. The van der Waals surface area contributed by atoms with E-state index in [1.54, 1.807) is 38.7 Å². The van der Waals surface area contributed by atoms with Crippen molar-refractivity contribution in [3.05, 3.63) is 88.7 Å². The van der Waals surface area contributed by atoms with Gasteiger partial charge in [-0.1, -0.05) is 31.5 Å². The van der Waals surface area contributed by atoms with Gasteiger partial charge in [-0.05, 0) is 67.3 Å². The summed E-state index contributed by atoms with van der Waals surface area (Å²) in [5.74, 6) is 2.05. The molecule has 0 aliphatic rings. The van der Waals surface area contributed by atoms with Gasteiger partial charge in [-0.2, -0.15) is 0 Å². The van der Waals surface area contributed by atoms with Gasteiger partial charge in [0, 0.05) is 29.5 Å². The minimum Gasteiger partial charge on any atom is -0.504 e. The van der Waals surface area contributed by atoms with Crippen LogP contribution in [0.3, 0.4) is 0 Å². The van der Waals surface area contributed by atoms with E-state index in [4.69, 9.17) is 33.2 Å². The molecule has 3 aromatic carbocycles. The van der Waals surface area contributed by atoms with E-state index in [-0.39, 0.29) is 19.0 Å². The third-order valence-corrected chi connectivity index (χ3v) is 7.08. The quantitative estimate of drug-likeness (QED) is 0.0848. The summed E-state index contributed by atoms with van der Waals surface area (Å²) in [6.07, 6.45) is 4.63. The van der Waals surface area contributed by atoms with E-state index in [1.807, 2.05) is 43.3 Å². The molecule has 3 rings (SSSR count). The smallest absolute Gasteiger partial charge is 0.337 e. The molecule has 0 radical (unpaired) electrons. The molecule has 0 atom stereocenters. The predicted molar refractivity (Wildman–Crippen MR) is 172 cm³/mol. The summed E-state index contributed by atoms with van der Waals surface area (Å²) in [7, 11) is 6.01. The summed E-state index contributed by atoms with van der Waals surface area (Å²) in [4.78, 5) is 23.9. The maximum Gasteiger partial charge on any atom is 0.337 e. The minimum atomic E-state index is -0.415. The number of hydrogen-bond donors (Lipinski definition) is 0. The van der Waals surface area contributed by atoms with Crippen LogP contribution in [0.25, 0.3) is 5.57 Å². The monoisotopic (exact) mass is 620 g/mol. The van der Waals surface area contributed by atoms with E-state index < -0.39 is 5.97 Å².